The van der Waals surface area contributed by atoms with E-state index < -0.39 is 5.54 Å². The number of amides is 2. The van der Waals surface area contributed by atoms with E-state index in [0.717, 1.165) is 25.7 Å². The lowest BCUT2D eigenvalue weighted by Crippen LogP contribution is -2.67. The lowest BCUT2D eigenvalue weighted by molar-refractivity contribution is -0.155. The Morgan fingerprint density at radius 3 is 2.56 bits per heavy atom. The summed E-state index contributed by atoms with van der Waals surface area (Å²) in [6.07, 6.45) is 6.88. The van der Waals surface area contributed by atoms with Crippen molar-refractivity contribution in [2.75, 3.05) is 13.1 Å². The van der Waals surface area contributed by atoms with Gasteiger partial charge < -0.3 is 10.2 Å². The van der Waals surface area contributed by atoms with Gasteiger partial charge in [0.05, 0.1) is 6.54 Å². The Morgan fingerprint density at radius 1 is 1.28 bits per heavy atom. The molecule has 2 amide bonds. The maximum Gasteiger partial charge on any atom is 0.246 e. The molecule has 0 aromatic carbocycles. The molecule has 0 aromatic heterocycles. The fourth-order valence-corrected chi connectivity index (χ4v) is 2.96. The molecule has 0 aromatic rings. The minimum absolute atomic E-state index is 0.0453. The predicted molar refractivity (Wildman–Crippen MR) is 70.0 cm³/mol. The molecule has 1 saturated heterocycles. The Morgan fingerprint density at radius 2 is 1.94 bits per heavy atom. The normalized spacial score (nSPS) is 22.9. The third kappa shape index (κ3) is 2.28. The van der Waals surface area contributed by atoms with Crippen LogP contribution >= 0.6 is 0 Å². The average molecular weight is 250 g/mol. The second-order valence-corrected chi connectivity index (χ2v) is 5.56. The van der Waals surface area contributed by atoms with E-state index in [-0.39, 0.29) is 18.4 Å². The zero-order valence-electron chi connectivity index (χ0n) is 11.3. The monoisotopic (exact) mass is 250 g/mol. The van der Waals surface area contributed by atoms with E-state index in [1.807, 2.05) is 19.9 Å². The number of allylic oxidation sites excluding steroid dienone is 1. The minimum atomic E-state index is -0.570. The maximum absolute atomic E-state index is 12.2. The van der Waals surface area contributed by atoms with Crippen LogP contribution in [-0.2, 0) is 9.59 Å². The SMILES string of the molecule is CC(C)=CCN1C(=O)CNC(=O)C12CCCCC2. The van der Waals surface area contributed by atoms with Crippen molar-refractivity contribution in [1.29, 1.82) is 0 Å². The molecular weight excluding hydrogens is 228 g/mol. The summed E-state index contributed by atoms with van der Waals surface area (Å²) in [4.78, 5) is 26.2. The van der Waals surface area contributed by atoms with Gasteiger partial charge in [-0.05, 0) is 26.7 Å². The van der Waals surface area contributed by atoms with Crippen LogP contribution in [0.4, 0.5) is 0 Å². The molecule has 2 rings (SSSR count). The van der Waals surface area contributed by atoms with Crippen LogP contribution in [0.3, 0.4) is 0 Å². The summed E-state index contributed by atoms with van der Waals surface area (Å²) < 4.78 is 0. The quantitative estimate of drug-likeness (QED) is 0.757. The van der Waals surface area contributed by atoms with E-state index in [9.17, 15) is 9.59 Å². The van der Waals surface area contributed by atoms with E-state index in [1.165, 1.54) is 12.0 Å². The van der Waals surface area contributed by atoms with Gasteiger partial charge in [0.2, 0.25) is 11.8 Å². The van der Waals surface area contributed by atoms with E-state index >= 15 is 0 Å². The van der Waals surface area contributed by atoms with Crippen molar-refractivity contribution in [3.05, 3.63) is 11.6 Å². The molecule has 4 nitrogen and oxygen atoms in total. The van der Waals surface area contributed by atoms with Gasteiger partial charge in [-0.15, -0.1) is 0 Å². The second kappa shape index (κ2) is 5.12. The van der Waals surface area contributed by atoms with Crippen molar-refractivity contribution in [2.45, 2.75) is 51.5 Å². The van der Waals surface area contributed by atoms with Crippen LogP contribution in [0.25, 0.3) is 0 Å². The molecule has 1 N–H and O–H groups in total. The number of hydrogen-bond acceptors (Lipinski definition) is 2. The molecule has 0 atom stereocenters. The van der Waals surface area contributed by atoms with Gasteiger partial charge in [0, 0.05) is 6.54 Å². The summed E-state index contributed by atoms with van der Waals surface area (Å²) in [5.41, 5.74) is 0.610. The van der Waals surface area contributed by atoms with Crippen LogP contribution in [-0.4, -0.2) is 35.3 Å². The molecule has 1 aliphatic carbocycles. The topological polar surface area (TPSA) is 49.4 Å². The standard InChI is InChI=1S/C14H22N2O2/c1-11(2)6-9-16-12(17)10-15-13(18)14(16)7-4-3-5-8-14/h6H,3-5,7-10H2,1-2H3,(H,15,18). The predicted octanol–water partition coefficient (Wildman–Crippen LogP) is 1.61. The summed E-state index contributed by atoms with van der Waals surface area (Å²) in [6, 6.07) is 0. The number of hydrogen-bond donors (Lipinski definition) is 1. The molecule has 0 unspecified atom stereocenters. The highest BCUT2D eigenvalue weighted by atomic mass is 16.2. The zero-order valence-corrected chi connectivity index (χ0v) is 11.3. The zero-order chi connectivity index (χ0) is 13.2. The molecule has 4 heteroatoms. The highest BCUT2D eigenvalue weighted by molar-refractivity contribution is 5.98. The van der Waals surface area contributed by atoms with Gasteiger partial charge in [-0.25, -0.2) is 0 Å². The van der Waals surface area contributed by atoms with Gasteiger partial charge in [0.1, 0.15) is 5.54 Å². The van der Waals surface area contributed by atoms with Crippen molar-refractivity contribution in [2.24, 2.45) is 0 Å². The summed E-state index contributed by atoms with van der Waals surface area (Å²) >= 11 is 0. The van der Waals surface area contributed by atoms with Crippen molar-refractivity contribution in [1.82, 2.24) is 10.2 Å². The van der Waals surface area contributed by atoms with E-state index in [4.69, 9.17) is 0 Å². The van der Waals surface area contributed by atoms with Gasteiger partial charge in [0.15, 0.2) is 0 Å². The summed E-state index contributed by atoms with van der Waals surface area (Å²) in [7, 11) is 0. The van der Waals surface area contributed by atoms with Crippen LogP contribution in [0.1, 0.15) is 46.0 Å². The summed E-state index contributed by atoms with van der Waals surface area (Å²) in [5.74, 6) is 0.0953. The van der Waals surface area contributed by atoms with Crippen LogP contribution in [0.15, 0.2) is 11.6 Å². The number of nitrogens with zero attached hydrogens (tertiary/aromatic N) is 1. The van der Waals surface area contributed by atoms with Gasteiger partial charge in [-0.3, -0.25) is 9.59 Å². The molecular formula is C14H22N2O2. The van der Waals surface area contributed by atoms with Crippen LogP contribution in [0.5, 0.6) is 0 Å². The number of piperazine rings is 1. The van der Waals surface area contributed by atoms with E-state index in [0.29, 0.717) is 6.54 Å². The molecule has 1 aliphatic heterocycles. The Hall–Kier alpha value is -1.32. The van der Waals surface area contributed by atoms with E-state index in [2.05, 4.69) is 5.32 Å². The van der Waals surface area contributed by atoms with Crippen LogP contribution in [0, 0.1) is 0 Å². The second-order valence-electron chi connectivity index (χ2n) is 5.56. The Bertz CT molecular complexity index is 377. The Labute approximate surface area is 108 Å². The largest absolute Gasteiger partial charge is 0.345 e. The Kier molecular flexibility index (Phi) is 3.73. The van der Waals surface area contributed by atoms with Crippen molar-refractivity contribution >= 4 is 11.8 Å². The molecule has 1 heterocycles. The van der Waals surface area contributed by atoms with Gasteiger partial charge in [-0.1, -0.05) is 30.9 Å². The number of rotatable bonds is 2. The first-order chi connectivity index (χ1) is 8.56. The summed E-state index contributed by atoms with van der Waals surface area (Å²) in [5, 5.41) is 2.76. The van der Waals surface area contributed by atoms with Crippen molar-refractivity contribution in [3.63, 3.8) is 0 Å². The first kappa shape index (κ1) is 13.1. The number of carbonyl (C=O) groups excluding carboxylic acids is 2. The highest BCUT2D eigenvalue weighted by Crippen LogP contribution is 2.35. The Balaban J connectivity index is 2.26. The molecule has 1 saturated carbocycles. The highest BCUT2D eigenvalue weighted by Gasteiger charge is 2.49. The molecule has 0 radical (unpaired) electrons. The lowest BCUT2D eigenvalue weighted by Gasteiger charge is -2.47. The van der Waals surface area contributed by atoms with Gasteiger partial charge in [-0.2, -0.15) is 0 Å². The molecule has 0 bridgehead atoms. The van der Waals surface area contributed by atoms with E-state index in [1.54, 1.807) is 4.90 Å². The minimum Gasteiger partial charge on any atom is -0.345 e. The molecule has 18 heavy (non-hydrogen) atoms. The number of carbonyl (C=O) groups is 2. The molecule has 2 aliphatic rings. The van der Waals surface area contributed by atoms with Crippen molar-refractivity contribution < 1.29 is 9.59 Å². The fourth-order valence-electron chi connectivity index (χ4n) is 2.96. The molecule has 2 fully saturated rings. The molecule has 1 spiro atoms. The smallest absolute Gasteiger partial charge is 0.246 e. The van der Waals surface area contributed by atoms with Gasteiger partial charge >= 0.3 is 0 Å². The summed E-state index contributed by atoms with van der Waals surface area (Å²) in [6.45, 7) is 4.75. The lowest BCUT2D eigenvalue weighted by atomic mass is 9.78. The third-order valence-electron chi connectivity index (χ3n) is 4.00. The van der Waals surface area contributed by atoms with Crippen LogP contribution < -0.4 is 5.32 Å². The fraction of sp³-hybridized carbons (Fsp3) is 0.714. The first-order valence-electron chi connectivity index (χ1n) is 6.78. The number of nitrogens with one attached hydrogen (secondary N) is 1. The maximum atomic E-state index is 12.2. The van der Waals surface area contributed by atoms with Crippen LogP contribution in [0.2, 0.25) is 0 Å². The first-order valence-corrected chi connectivity index (χ1v) is 6.78. The third-order valence-corrected chi connectivity index (χ3v) is 4.00. The molecule has 100 valence electrons. The van der Waals surface area contributed by atoms with Crippen molar-refractivity contribution in [3.8, 4) is 0 Å². The van der Waals surface area contributed by atoms with Gasteiger partial charge in [0.25, 0.3) is 0 Å². The average Bonchev–Trinajstić information content (AvgIpc) is 2.35.